The predicted molar refractivity (Wildman–Crippen MR) is 80.4 cm³/mol. The first-order chi connectivity index (χ1) is 10.2. The van der Waals surface area contributed by atoms with E-state index in [2.05, 4.69) is 17.1 Å². The Kier molecular flexibility index (Phi) is 3.33. The van der Waals surface area contributed by atoms with E-state index in [0.29, 0.717) is 5.56 Å². The van der Waals surface area contributed by atoms with Gasteiger partial charge in [0.15, 0.2) is 0 Å². The lowest BCUT2D eigenvalue weighted by Gasteiger charge is -2.02. The fourth-order valence-corrected chi connectivity index (χ4v) is 2.43. The van der Waals surface area contributed by atoms with Gasteiger partial charge in [-0.25, -0.2) is 4.98 Å². The SMILES string of the molecule is COc1cccc(Cc2cn3c(C)c(C#N)ccc3n2)c1. The van der Waals surface area contributed by atoms with E-state index in [1.165, 1.54) is 0 Å². The molecule has 0 radical (unpaired) electrons. The maximum Gasteiger partial charge on any atom is 0.137 e. The fourth-order valence-electron chi connectivity index (χ4n) is 2.43. The Balaban J connectivity index is 1.98. The number of ether oxygens (including phenoxy) is 1. The van der Waals surface area contributed by atoms with Gasteiger partial charge >= 0.3 is 0 Å². The first-order valence-electron chi connectivity index (χ1n) is 6.72. The second-order valence-electron chi connectivity index (χ2n) is 4.93. The Morgan fingerprint density at radius 1 is 1.29 bits per heavy atom. The zero-order valence-electron chi connectivity index (χ0n) is 12.0. The summed E-state index contributed by atoms with van der Waals surface area (Å²) in [6.45, 7) is 1.93. The molecule has 1 aromatic carbocycles. The maximum absolute atomic E-state index is 9.08. The van der Waals surface area contributed by atoms with Crippen molar-refractivity contribution in [3.8, 4) is 11.8 Å². The van der Waals surface area contributed by atoms with Gasteiger partial charge in [-0.05, 0) is 36.8 Å². The van der Waals surface area contributed by atoms with Crippen LogP contribution in [0.15, 0.2) is 42.6 Å². The van der Waals surface area contributed by atoms with Crippen LogP contribution in [0.4, 0.5) is 0 Å². The van der Waals surface area contributed by atoms with Crippen molar-refractivity contribution in [2.45, 2.75) is 13.3 Å². The average Bonchev–Trinajstić information content (AvgIpc) is 2.91. The molecule has 0 unspecified atom stereocenters. The van der Waals surface area contributed by atoms with Gasteiger partial charge in [-0.1, -0.05) is 12.1 Å². The van der Waals surface area contributed by atoms with E-state index >= 15 is 0 Å². The minimum atomic E-state index is 0.674. The van der Waals surface area contributed by atoms with Crippen molar-refractivity contribution < 1.29 is 4.74 Å². The van der Waals surface area contributed by atoms with Gasteiger partial charge in [-0.3, -0.25) is 0 Å². The molecule has 0 aliphatic rings. The molecule has 0 atom stereocenters. The largest absolute Gasteiger partial charge is 0.497 e. The van der Waals surface area contributed by atoms with E-state index in [0.717, 1.165) is 34.8 Å². The smallest absolute Gasteiger partial charge is 0.137 e. The third-order valence-electron chi connectivity index (χ3n) is 3.57. The summed E-state index contributed by atoms with van der Waals surface area (Å²) in [5.74, 6) is 0.846. The number of hydrogen-bond acceptors (Lipinski definition) is 3. The van der Waals surface area contributed by atoms with E-state index in [9.17, 15) is 0 Å². The van der Waals surface area contributed by atoms with Crippen LogP contribution in [0.2, 0.25) is 0 Å². The third kappa shape index (κ3) is 2.46. The van der Waals surface area contributed by atoms with Crippen LogP contribution in [0.25, 0.3) is 5.65 Å². The number of fused-ring (bicyclic) bond motifs is 1. The van der Waals surface area contributed by atoms with Crippen LogP contribution in [-0.2, 0) is 6.42 Å². The second-order valence-corrected chi connectivity index (χ2v) is 4.93. The fraction of sp³-hybridized carbons (Fsp3) is 0.176. The van der Waals surface area contributed by atoms with Crippen molar-refractivity contribution in [2.75, 3.05) is 7.11 Å². The average molecular weight is 277 g/mol. The normalized spacial score (nSPS) is 10.5. The Bertz CT molecular complexity index is 843. The number of imidazole rings is 1. The Labute approximate surface area is 123 Å². The molecule has 0 N–H and O–H groups in total. The summed E-state index contributed by atoms with van der Waals surface area (Å²) >= 11 is 0. The standard InChI is InChI=1S/C17H15N3O/c1-12-14(10-18)6-7-17-19-15(11-20(12)17)8-13-4-3-5-16(9-13)21-2/h3-7,9,11H,8H2,1-2H3. The lowest BCUT2D eigenvalue weighted by molar-refractivity contribution is 0.414. The highest BCUT2D eigenvalue weighted by molar-refractivity contribution is 5.48. The third-order valence-corrected chi connectivity index (χ3v) is 3.57. The topological polar surface area (TPSA) is 50.3 Å². The van der Waals surface area contributed by atoms with Crippen LogP contribution in [0.1, 0.15) is 22.5 Å². The van der Waals surface area contributed by atoms with Crippen molar-refractivity contribution >= 4 is 5.65 Å². The zero-order valence-corrected chi connectivity index (χ0v) is 12.0. The molecule has 0 saturated heterocycles. The molecule has 0 aliphatic carbocycles. The molecule has 0 fully saturated rings. The quantitative estimate of drug-likeness (QED) is 0.739. The molecule has 2 heterocycles. The molecule has 0 amide bonds. The monoisotopic (exact) mass is 277 g/mol. The molecule has 3 aromatic rings. The number of rotatable bonds is 3. The highest BCUT2D eigenvalue weighted by Crippen LogP contribution is 2.18. The molecule has 0 aliphatic heterocycles. The van der Waals surface area contributed by atoms with Crippen molar-refractivity contribution in [1.29, 1.82) is 5.26 Å². The number of aromatic nitrogens is 2. The van der Waals surface area contributed by atoms with Gasteiger partial charge < -0.3 is 9.14 Å². The number of nitrogens with zero attached hydrogens (tertiary/aromatic N) is 3. The van der Waals surface area contributed by atoms with Gasteiger partial charge in [-0.15, -0.1) is 0 Å². The van der Waals surface area contributed by atoms with Crippen LogP contribution in [-0.4, -0.2) is 16.5 Å². The number of nitriles is 1. The zero-order chi connectivity index (χ0) is 14.8. The number of pyridine rings is 1. The summed E-state index contributed by atoms with van der Waals surface area (Å²) in [4.78, 5) is 4.61. The molecular weight excluding hydrogens is 262 g/mol. The number of hydrogen-bond donors (Lipinski definition) is 0. The number of benzene rings is 1. The molecule has 4 heteroatoms. The summed E-state index contributed by atoms with van der Waals surface area (Å²) in [5, 5.41) is 9.08. The van der Waals surface area contributed by atoms with E-state index < -0.39 is 0 Å². The van der Waals surface area contributed by atoms with Crippen LogP contribution in [0, 0.1) is 18.3 Å². The van der Waals surface area contributed by atoms with Gasteiger partial charge in [0.25, 0.3) is 0 Å². The Morgan fingerprint density at radius 3 is 2.90 bits per heavy atom. The maximum atomic E-state index is 9.08. The Hall–Kier alpha value is -2.80. The van der Waals surface area contributed by atoms with Crippen LogP contribution < -0.4 is 4.74 Å². The van der Waals surface area contributed by atoms with Gasteiger partial charge in [0.1, 0.15) is 17.5 Å². The minimum Gasteiger partial charge on any atom is -0.497 e. The summed E-state index contributed by atoms with van der Waals surface area (Å²) in [6, 6.07) is 13.9. The highest BCUT2D eigenvalue weighted by Gasteiger charge is 2.07. The molecule has 104 valence electrons. The van der Waals surface area contributed by atoms with Gasteiger partial charge in [0, 0.05) is 18.3 Å². The molecule has 0 saturated carbocycles. The molecule has 0 spiro atoms. The molecule has 0 bridgehead atoms. The molecule has 2 aromatic heterocycles. The van der Waals surface area contributed by atoms with Crippen molar-refractivity contribution in [2.24, 2.45) is 0 Å². The van der Waals surface area contributed by atoms with E-state index in [4.69, 9.17) is 10.00 Å². The lowest BCUT2D eigenvalue weighted by Crippen LogP contribution is -1.93. The molecule has 3 rings (SSSR count). The van der Waals surface area contributed by atoms with Gasteiger partial charge in [-0.2, -0.15) is 5.26 Å². The first kappa shape index (κ1) is 13.2. The van der Waals surface area contributed by atoms with Crippen molar-refractivity contribution in [1.82, 2.24) is 9.38 Å². The predicted octanol–water partition coefficient (Wildman–Crippen LogP) is 3.11. The Morgan fingerprint density at radius 2 is 2.14 bits per heavy atom. The lowest BCUT2D eigenvalue weighted by atomic mass is 10.1. The van der Waals surface area contributed by atoms with Crippen molar-refractivity contribution in [3.05, 3.63) is 65.1 Å². The number of aryl methyl sites for hydroxylation is 1. The number of methoxy groups -OCH3 is 1. The molecular formula is C17H15N3O. The summed E-state index contributed by atoms with van der Waals surface area (Å²) in [5.41, 5.74) is 4.58. The first-order valence-corrected chi connectivity index (χ1v) is 6.72. The summed E-state index contributed by atoms with van der Waals surface area (Å²) < 4.78 is 7.21. The molecule has 21 heavy (non-hydrogen) atoms. The molecule has 4 nitrogen and oxygen atoms in total. The summed E-state index contributed by atoms with van der Waals surface area (Å²) in [6.07, 6.45) is 2.73. The van der Waals surface area contributed by atoms with E-state index in [1.54, 1.807) is 7.11 Å². The van der Waals surface area contributed by atoms with Crippen molar-refractivity contribution in [3.63, 3.8) is 0 Å². The van der Waals surface area contributed by atoms with Crippen LogP contribution in [0.5, 0.6) is 5.75 Å². The van der Waals surface area contributed by atoms with Crippen LogP contribution >= 0.6 is 0 Å². The van der Waals surface area contributed by atoms with E-state index in [1.807, 2.05) is 47.9 Å². The van der Waals surface area contributed by atoms with Gasteiger partial charge in [0.2, 0.25) is 0 Å². The summed E-state index contributed by atoms with van der Waals surface area (Å²) in [7, 11) is 1.66. The van der Waals surface area contributed by atoms with Crippen LogP contribution in [0.3, 0.4) is 0 Å². The minimum absolute atomic E-state index is 0.674. The van der Waals surface area contributed by atoms with E-state index in [-0.39, 0.29) is 0 Å². The second kappa shape index (κ2) is 5.29. The highest BCUT2D eigenvalue weighted by atomic mass is 16.5. The van der Waals surface area contributed by atoms with Gasteiger partial charge in [0.05, 0.1) is 18.4 Å².